The lowest BCUT2D eigenvalue weighted by Crippen LogP contribution is -2.42. The quantitative estimate of drug-likeness (QED) is 0.435. The van der Waals surface area contributed by atoms with Gasteiger partial charge in [0.25, 0.3) is 0 Å². The minimum Gasteiger partial charge on any atom is -0.458 e. The highest BCUT2D eigenvalue weighted by Gasteiger charge is 2.58. The Bertz CT molecular complexity index is 275. The van der Waals surface area contributed by atoms with Crippen LogP contribution in [0, 0.1) is 11.8 Å². The molecule has 1 saturated heterocycles. The maximum atomic E-state index is 11.4. The Kier molecular flexibility index (Phi) is 1.59. The van der Waals surface area contributed by atoms with Gasteiger partial charge >= 0.3 is 5.97 Å². The molecule has 1 spiro atoms. The van der Waals surface area contributed by atoms with Gasteiger partial charge in [0, 0.05) is 18.3 Å². The van der Waals surface area contributed by atoms with Crippen molar-refractivity contribution < 1.29 is 9.53 Å². The van der Waals surface area contributed by atoms with Gasteiger partial charge in [0.05, 0.1) is 6.42 Å². The van der Waals surface area contributed by atoms with Crippen LogP contribution in [-0.4, -0.2) is 11.6 Å². The van der Waals surface area contributed by atoms with Crippen LogP contribution in [0.15, 0.2) is 12.2 Å². The Morgan fingerprint density at radius 2 is 2.00 bits per heavy atom. The summed E-state index contributed by atoms with van der Waals surface area (Å²) in [6.45, 7) is 4.07. The largest absolute Gasteiger partial charge is 0.458 e. The Balaban J connectivity index is 1.99. The van der Waals surface area contributed by atoms with Crippen molar-refractivity contribution in [2.45, 2.75) is 44.1 Å². The molecule has 3 fully saturated rings. The van der Waals surface area contributed by atoms with E-state index in [1.54, 1.807) is 0 Å². The molecule has 2 aliphatic carbocycles. The van der Waals surface area contributed by atoms with E-state index < -0.39 is 0 Å². The highest BCUT2D eigenvalue weighted by atomic mass is 16.6. The first-order valence-electron chi connectivity index (χ1n) is 5.59. The number of esters is 1. The van der Waals surface area contributed by atoms with Crippen molar-refractivity contribution in [2.24, 2.45) is 11.8 Å². The summed E-state index contributed by atoms with van der Waals surface area (Å²) in [6.07, 6.45) is 6.35. The van der Waals surface area contributed by atoms with E-state index >= 15 is 0 Å². The molecule has 3 atom stereocenters. The predicted octanol–water partition coefficient (Wildman–Crippen LogP) is 2.44. The van der Waals surface area contributed by atoms with Gasteiger partial charge in [-0.2, -0.15) is 0 Å². The van der Waals surface area contributed by atoms with Gasteiger partial charge in [-0.15, -0.1) is 0 Å². The average molecular weight is 192 g/mol. The summed E-state index contributed by atoms with van der Waals surface area (Å²) in [5, 5.41) is 0. The van der Waals surface area contributed by atoms with Gasteiger partial charge in [-0.3, -0.25) is 4.79 Å². The maximum Gasteiger partial charge on any atom is 0.306 e. The van der Waals surface area contributed by atoms with E-state index in [4.69, 9.17) is 4.74 Å². The van der Waals surface area contributed by atoms with Crippen molar-refractivity contribution in [3.05, 3.63) is 12.2 Å². The van der Waals surface area contributed by atoms with E-state index in [0.717, 1.165) is 12.8 Å². The van der Waals surface area contributed by atoms with E-state index in [1.807, 2.05) is 0 Å². The topological polar surface area (TPSA) is 26.3 Å². The van der Waals surface area contributed by atoms with Crippen molar-refractivity contribution in [3.8, 4) is 0 Å². The zero-order valence-corrected chi connectivity index (χ0v) is 8.42. The van der Waals surface area contributed by atoms with Crippen LogP contribution in [0.4, 0.5) is 0 Å². The summed E-state index contributed by atoms with van der Waals surface area (Å²) in [6, 6.07) is 0. The molecule has 1 heterocycles. The minimum atomic E-state index is -0.105. The Morgan fingerprint density at radius 3 is 2.79 bits per heavy atom. The van der Waals surface area contributed by atoms with Crippen LogP contribution in [0.25, 0.3) is 0 Å². The van der Waals surface area contributed by atoms with Crippen LogP contribution < -0.4 is 0 Å². The lowest BCUT2D eigenvalue weighted by Gasteiger charge is -2.39. The van der Waals surface area contributed by atoms with Gasteiger partial charge in [-0.1, -0.05) is 18.6 Å². The van der Waals surface area contributed by atoms with Gasteiger partial charge in [0.15, 0.2) is 0 Å². The second kappa shape index (κ2) is 2.62. The fourth-order valence-electron chi connectivity index (χ4n) is 3.74. The molecule has 76 valence electrons. The minimum absolute atomic E-state index is 0.0246. The summed E-state index contributed by atoms with van der Waals surface area (Å²) in [4.78, 5) is 11.4. The van der Waals surface area contributed by atoms with Crippen molar-refractivity contribution >= 4 is 5.97 Å². The number of ether oxygens (including phenoxy) is 1. The highest BCUT2D eigenvalue weighted by Crippen LogP contribution is 2.56. The first kappa shape index (κ1) is 8.51. The third-order valence-electron chi connectivity index (χ3n) is 4.27. The van der Waals surface area contributed by atoms with E-state index in [1.165, 1.54) is 24.8 Å². The molecule has 0 radical (unpaired) electrons. The number of hydrogen-bond acceptors (Lipinski definition) is 2. The number of carbonyl (C=O) groups is 1. The zero-order valence-electron chi connectivity index (χ0n) is 8.42. The summed E-state index contributed by atoms with van der Waals surface area (Å²) >= 11 is 0. The fourth-order valence-corrected chi connectivity index (χ4v) is 3.74. The summed E-state index contributed by atoms with van der Waals surface area (Å²) in [5.41, 5.74) is 1.18. The van der Waals surface area contributed by atoms with E-state index in [2.05, 4.69) is 6.58 Å². The lowest BCUT2D eigenvalue weighted by atomic mass is 9.70. The molecule has 3 rings (SSSR count). The van der Waals surface area contributed by atoms with Gasteiger partial charge in [-0.25, -0.2) is 0 Å². The number of rotatable bonds is 0. The standard InChI is InChI=1S/C12H16O2/c1-8-5-9-3-2-4-10-6-11(13)14-12(9,10)7-8/h9-10H,1-7H2/t9-,10+,12+/m1/s1. The fraction of sp³-hybridized carbons (Fsp3) is 0.750. The second-order valence-electron chi connectivity index (χ2n) is 5.09. The normalized spacial score (nSPS) is 46.0. The van der Waals surface area contributed by atoms with Gasteiger partial charge in [-0.05, 0) is 19.3 Å². The molecule has 0 bridgehead atoms. The van der Waals surface area contributed by atoms with Crippen molar-refractivity contribution in [2.75, 3.05) is 0 Å². The third kappa shape index (κ3) is 0.943. The Hall–Kier alpha value is -0.790. The lowest BCUT2D eigenvalue weighted by molar-refractivity contribution is -0.154. The van der Waals surface area contributed by atoms with E-state index in [9.17, 15) is 4.79 Å². The predicted molar refractivity (Wildman–Crippen MR) is 52.6 cm³/mol. The van der Waals surface area contributed by atoms with Crippen LogP contribution >= 0.6 is 0 Å². The van der Waals surface area contributed by atoms with Crippen LogP contribution in [0.5, 0.6) is 0 Å². The molecular formula is C12H16O2. The molecule has 0 aromatic heterocycles. The monoisotopic (exact) mass is 192 g/mol. The van der Waals surface area contributed by atoms with Gasteiger partial charge in [0.1, 0.15) is 5.60 Å². The van der Waals surface area contributed by atoms with Crippen LogP contribution in [-0.2, 0) is 9.53 Å². The molecule has 0 N–H and O–H groups in total. The van der Waals surface area contributed by atoms with Crippen molar-refractivity contribution in [1.82, 2.24) is 0 Å². The molecule has 2 heteroatoms. The first-order valence-corrected chi connectivity index (χ1v) is 5.59. The zero-order chi connectivity index (χ0) is 9.76. The maximum absolute atomic E-state index is 11.4. The molecule has 14 heavy (non-hydrogen) atoms. The van der Waals surface area contributed by atoms with Crippen LogP contribution in [0.2, 0.25) is 0 Å². The Labute approximate surface area is 84.3 Å². The van der Waals surface area contributed by atoms with Crippen LogP contribution in [0.1, 0.15) is 38.5 Å². The summed E-state index contributed by atoms with van der Waals surface area (Å²) in [5.74, 6) is 1.10. The SMILES string of the molecule is C=C1C[C@H]2CCC[C@H]3CC(=O)O[C@@]23C1. The van der Waals surface area contributed by atoms with Crippen molar-refractivity contribution in [1.29, 1.82) is 0 Å². The summed E-state index contributed by atoms with van der Waals surface area (Å²) in [7, 11) is 0. The molecular weight excluding hydrogens is 176 g/mol. The molecule has 0 amide bonds. The molecule has 3 aliphatic rings. The summed E-state index contributed by atoms with van der Waals surface area (Å²) < 4.78 is 5.65. The average Bonchev–Trinajstić information content (AvgIpc) is 2.57. The third-order valence-corrected chi connectivity index (χ3v) is 4.27. The van der Waals surface area contributed by atoms with Crippen molar-refractivity contribution in [3.63, 3.8) is 0 Å². The molecule has 0 aromatic rings. The smallest absolute Gasteiger partial charge is 0.306 e. The van der Waals surface area contributed by atoms with Gasteiger partial charge < -0.3 is 4.74 Å². The molecule has 0 unspecified atom stereocenters. The van der Waals surface area contributed by atoms with Crippen LogP contribution in [0.3, 0.4) is 0 Å². The first-order chi connectivity index (χ1) is 6.71. The highest BCUT2D eigenvalue weighted by molar-refractivity contribution is 5.73. The molecule has 1 aliphatic heterocycles. The molecule has 0 aromatic carbocycles. The number of hydrogen-bond donors (Lipinski definition) is 0. The van der Waals surface area contributed by atoms with Gasteiger partial charge in [0.2, 0.25) is 0 Å². The second-order valence-corrected chi connectivity index (χ2v) is 5.09. The molecule has 2 saturated carbocycles. The van der Waals surface area contributed by atoms with E-state index in [0.29, 0.717) is 18.3 Å². The molecule has 2 nitrogen and oxygen atoms in total. The Morgan fingerprint density at radius 1 is 1.29 bits per heavy atom. The number of carbonyl (C=O) groups excluding carboxylic acids is 1. The van der Waals surface area contributed by atoms with E-state index in [-0.39, 0.29) is 11.6 Å².